The zero-order valence-electron chi connectivity index (χ0n) is 10.2. The number of ether oxygens (including phenoxy) is 1. The molecular formula is C12H19N3O. The van der Waals surface area contributed by atoms with Gasteiger partial charge in [0.05, 0.1) is 18.4 Å². The van der Waals surface area contributed by atoms with Gasteiger partial charge >= 0.3 is 0 Å². The second kappa shape index (κ2) is 4.70. The molecule has 0 amide bonds. The van der Waals surface area contributed by atoms with E-state index in [1.54, 1.807) is 11.8 Å². The topological polar surface area (TPSA) is 39.1 Å². The molecule has 1 aliphatic rings. The third kappa shape index (κ3) is 2.11. The molecule has 16 heavy (non-hydrogen) atoms. The quantitative estimate of drug-likeness (QED) is 0.784. The highest BCUT2D eigenvalue weighted by molar-refractivity contribution is 5.30. The van der Waals surface area contributed by atoms with Crippen LogP contribution in [0.4, 0.5) is 0 Å². The number of aromatic nitrogens is 2. The summed E-state index contributed by atoms with van der Waals surface area (Å²) < 4.78 is 7.15. The molecule has 0 bridgehead atoms. The zero-order valence-corrected chi connectivity index (χ0v) is 10.2. The molecule has 0 unspecified atom stereocenters. The molecule has 0 spiro atoms. The summed E-state index contributed by atoms with van der Waals surface area (Å²) in [5.74, 6) is 0.857. The Morgan fingerprint density at radius 1 is 1.50 bits per heavy atom. The molecule has 1 N–H and O–H groups in total. The molecule has 4 heteroatoms. The van der Waals surface area contributed by atoms with Crippen molar-refractivity contribution in [3.8, 4) is 5.88 Å². The molecule has 0 radical (unpaired) electrons. The zero-order chi connectivity index (χ0) is 11.5. The van der Waals surface area contributed by atoms with Crippen LogP contribution in [0, 0.1) is 6.92 Å². The average molecular weight is 221 g/mol. The van der Waals surface area contributed by atoms with Crippen LogP contribution in [0.25, 0.3) is 0 Å². The summed E-state index contributed by atoms with van der Waals surface area (Å²) in [5, 5.41) is 7.89. The lowest BCUT2D eigenvalue weighted by Crippen LogP contribution is -2.26. The van der Waals surface area contributed by atoms with Gasteiger partial charge in [0.15, 0.2) is 0 Å². The van der Waals surface area contributed by atoms with Gasteiger partial charge in [0.25, 0.3) is 0 Å². The van der Waals surface area contributed by atoms with Gasteiger partial charge in [-0.2, -0.15) is 5.10 Å². The summed E-state index contributed by atoms with van der Waals surface area (Å²) >= 11 is 0. The summed E-state index contributed by atoms with van der Waals surface area (Å²) in [5.41, 5.74) is 2.20. The largest absolute Gasteiger partial charge is 0.481 e. The number of hydrogen-bond acceptors (Lipinski definition) is 3. The van der Waals surface area contributed by atoms with Crippen molar-refractivity contribution >= 4 is 0 Å². The van der Waals surface area contributed by atoms with Crippen LogP contribution >= 0.6 is 0 Å². The summed E-state index contributed by atoms with van der Waals surface area (Å²) in [6, 6.07) is 0.573. The second-order valence-electron chi connectivity index (χ2n) is 4.22. The van der Waals surface area contributed by atoms with E-state index in [2.05, 4.69) is 22.6 Å². The fourth-order valence-corrected chi connectivity index (χ4v) is 2.17. The van der Waals surface area contributed by atoms with E-state index >= 15 is 0 Å². The van der Waals surface area contributed by atoms with Crippen LogP contribution in [0.1, 0.15) is 24.1 Å². The minimum Gasteiger partial charge on any atom is -0.481 e. The number of nitrogens with zero attached hydrogens (tertiary/aromatic N) is 2. The van der Waals surface area contributed by atoms with Gasteiger partial charge in [-0.25, -0.2) is 4.68 Å². The van der Waals surface area contributed by atoms with Crippen LogP contribution in [0.3, 0.4) is 0 Å². The maximum Gasteiger partial charge on any atom is 0.216 e. The Morgan fingerprint density at radius 3 is 2.81 bits per heavy atom. The highest BCUT2D eigenvalue weighted by Crippen LogP contribution is 2.21. The molecule has 4 nitrogen and oxygen atoms in total. The van der Waals surface area contributed by atoms with Crippen molar-refractivity contribution in [3.63, 3.8) is 0 Å². The Bertz CT molecular complexity index is 387. The first-order valence-corrected chi connectivity index (χ1v) is 5.67. The molecule has 0 fully saturated rings. The van der Waals surface area contributed by atoms with E-state index in [0.29, 0.717) is 6.04 Å². The lowest BCUT2D eigenvalue weighted by atomic mass is 10.2. The first-order chi connectivity index (χ1) is 7.72. The molecule has 88 valence electrons. The lowest BCUT2D eigenvalue weighted by molar-refractivity contribution is 0.366. The van der Waals surface area contributed by atoms with Crippen molar-refractivity contribution in [1.29, 1.82) is 0 Å². The first-order valence-electron chi connectivity index (χ1n) is 5.67. The van der Waals surface area contributed by atoms with Crippen LogP contribution in [-0.2, 0) is 13.6 Å². The van der Waals surface area contributed by atoms with E-state index in [0.717, 1.165) is 36.5 Å². The minimum atomic E-state index is 0.573. The summed E-state index contributed by atoms with van der Waals surface area (Å²) in [4.78, 5) is 0. The fourth-order valence-electron chi connectivity index (χ4n) is 2.17. The third-order valence-corrected chi connectivity index (χ3v) is 3.06. The molecule has 2 rings (SSSR count). The highest BCUT2D eigenvalue weighted by Gasteiger charge is 2.16. The highest BCUT2D eigenvalue weighted by atomic mass is 16.5. The third-order valence-electron chi connectivity index (χ3n) is 3.06. The standard InChI is InChI=1S/C12H19N3O/c1-9-11(12(16-3)15(2)14-9)8-13-10-6-4-5-7-10/h4-5,10,13H,6-8H2,1-3H3. The second-order valence-corrected chi connectivity index (χ2v) is 4.22. The van der Waals surface area contributed by atoms with Gasteiger partial charge in [-0.15, -0.1) is 0 Å². The predicted octanol–water partition coefficient (Wildman–Crippen LogP) is 1.55. The molecule has 0 saturated heterocycles. The Labute approximate surface area is 96.3 Å². The van der Waals surface area contributed by atoms with Crippen LogP contribution < -0.4 is 10.1 Å². The van der Waals surface area contributed by atoms with Crippen molar-refractivity contribution in [2.75, 3.05) is 7.11 Å². The van der Waals surface area contributed by atoms with Crippen molar-refractivity contribution in [3.05, 3.63) is 23.4 Å². The van der Waals surface area contributed by atoms with Gasteiger partial charge in [-0.05, 0) is 19.8 Å². The van der Waals surface area contributed by atoms with Gasteiger partial charge in [0.2, 0.25) is 5.88 Å². The van der Waals surface area contributed by atoms with Crippen LogP contribution in [0.5, 0.6) is 5.88 Å². The summed E-state index contributed by atoms with van der Waals surface area (Å²) in [6.07, 6.45) is 6.71. The molecule has 1 heterocycles. The van der Waals surface area contributed by atoms with Gasteiger partial charge in [0, 0.05) is 19.6 Å². The Balaban J connectivity index is 2.02. The van der Waals surface area contributed by atoms with Gasteiger partial charge < -0.3 is 10.1 Å². The van der Waals surface area contributed by atoms with E-state index < -0.39 is 0 Å². The number of aryl methyl sites for hydroxylation is 2. The molecule has 0 saturated carbocycles. The predicted molar refractivity (Wildman–Crippen MR) is 63.5 cm³/mol. The number of rotatable bonds is 4. The van der Waals surface area contributed by atoms with Crippen LogP contribution in [-0.4, -0.2) is 22.9 Å². The summed E-state index contributed by atoms with van der Waals surface area (Å²) in [6.45, 7) is 2.85. The SMILES string of the molecule is COc1c(CNC2CC=CC2)c(C)nn1C. The van der Waals surface area contributed by atoms with Gasteiger partial charge in [-0.1, -0.05) is 12.2 Å². The fraction of sp³-hybridized carbons (Fsp3) is 0.583. The number of nitrogens with one attached hydrogen (secondary N) is 1. The maximum atomic E-state index is 5.36. The minimum absolute atomic E-state index is 0.573. The lowest BCUT2D eigenvalue weighted by Gasteiger charge is -2.12. The number of hydrogen-bond donors (Lipinski definition) is 1. The Hall–Kier alpha value is -1.29. The van der Waals surface area contributed by atoms with E-state index in [1.807, 2.05) is 14.0 Å². The first kappa shape index (κ1) is 11.2. The molecule has 0 atom stereocenters. The molecule has 1 aromatic heterocycles. The molecule has 1 aliphatic carbocycles. The van der Waals surface area contributed by atoms with Crippen molar-refractivity contribution < 1.29 is 4.74 Å². The van der Waals surface area contributed by atoms with Crippen LogP contribution in [0.2, 0.25) is 0 Å². The molecular weight excluding hydrogens is 202 g/mol. The maximum absolute atomic E-state index is 5.36. The molecule has 0 aliphatic heterocycles. The smallest absolute Gasteiger partial charge is 0.216 e. The van der Waals surface area contributed by atoms with Gasteiger partial charge in [0.1, 0.15) is 0 Å². The Kier molecular flexibility index (Phi) is 3.29. The molecule has 1 aromatic rings. The normalized spacial score (nSPS) is 15.9. The van der Waals surface area contributed by atoms with E-state index in [-0.39, 0.29) is 0 Å². The molecule has 0 aromatic carbocycles. The van der Waals surface area contributed by atoms with E-state index in [4.69, 9.17) is 4.74 Å². The van der Waals surface area contributed by atoms with Crippen molar-refractivity contribution in [2.24, 2.45) is 7.05 Å². The number of methoxy groups -OCH3 is 1. The monoisotopic (exact) mass is 221 g/mol. The average Bonchev–Trinajstić information content (AvgIpc) is 2.83. The van der Waals surface area contributed by atoms with Crippen molar-refractivity contribution in [1.82, 2.24) is 15.1 Å². The Morgan fingerprint density at radius 2 is 2.19 bits per heavy atom. The van der Waals surface area contributed by atoms with Gasteiger partial charge in [-0.3, -0.25) is 0 Å². The van der Waals surface area contributed by atoms with Crippen molar-refractivity contribution in [2.45, 2.75) is 32.4 Å². The van der Waals surface area contributed by atoms with Crippen LogP contribution in [0.15, 0.2) is 12.2 Å². The van der Waals surface area contributed by atoms with E-state index in [9.17, 15) is 0 Å². The van der Waals surface area contributed by atoms with E-state index in [1.165, 1.54) is 0 Å². The summed E-state index contributed by atoms with van der Waals surface area (Å²) in [7, 11) is 3.60.